The van der Waals surface area contributed by atoms with Gasteiger partial charge in [-0.15, -0.1) is 5.10 Å². The van der Waals surface area contributed by atoms with E-state index in [2.05, 4.69) is 15.5 Å². The van der Waals surface area contributed by atoms with Crippen molar-refractivity contribution in [2.45, 2.75) is 18.3 Å². The van der Waals surface area contributed by atoms with Crippen molar-refractivity contribution in [1.29, 1.82) is 0 Å². The largest absolute Gasteiger partial charge is 0.489 e. The first-order valence-corrected chi connectivity index (χ1v) is 9.63. The van der Waals surface area contributed by atoms with Gasteiger partial charge >= 0.3 is 5.97 Å². The molecule has 1 aliphatic heterocycles. The van der Waals surface area contributed by atoms with Crippen molar-refractivity contribution in [2.75, 3.05) is 0 Å². The molecule has 0 aliphatic carbocycles. The van der Waals surface area contributed by atoms with E-state index in [1.165, 1.54) is 18.3 Å². The lowest BCUT2D eigenvalue weighted by atomic mass is 10.2. The fourth-order valence-electron chi connectivity index (χ4n) is 2.34. The number of thioether (sulfide) groups is 1. The molecule has 1 heterocycles. The molecular weight excluding hydrogens is 421 g/mol. The Morgan fingerprint density at radius 2 is 2.07 bits per heavy atom. The summed E-state index contributed by atoms with van der Waals surface area (Å²) in [4.78, 5) is 22.3. The summed E-state index contributed by atoms with van der Waals surface area (Å²) in [7, 11) is 0. The number of nitrogens with zero attached hydrogens (tertiary/aromatic N) is 2. The molecule has 1 unspecified atom stereocenters. The van der Waals surface area contributed by atoms with Crippen LogP contribution in [-0.4, -0.2) is 33.6 Å². The van der Waals surface area contributed by atoms with E-state index in [4.69, 9.17) is 21.4 Å². The summed E-state index contributed by atoms with van der Waals surface area (Å²) < 4.78 is 19.0. The van der Waals surface area contributed by atoms with Gasteiger partial charge in [0, 0.05) is 0 Å². The standard InChI is InChI=1S/C19H15ClFN3O4S/c20-14-6-3-12(7-15(14)21)10-28-13-4-1-11(2-5-13)9-22-24-19-23-18(27)16(29-19)8-17(25)26/h1-7,9,16H,8,10H2,(H,25,26)(H,23,24,27). The summed E-state index contributed by atoms with van der Waals surface area (Å²) in [5.74, 6) is -1.34. The van der Waals surface area contributed by atoms with Crippen LogP contribution in [0.2, 0.25) is 5.02 Å². The molecule has 1 fully saturated rings. The number of carboxylic acids is 1. The van der Waals surface area contributed by atoms with Crippen LogP contribution in [0, 0.1) is 5.82 Å². The van der Waals surface area contributed by atoms with Gasteiger partial charge in [-0.3, -0.25) is 9.59 Å². The molecule has 150 valence electrons. The zero-order valence-corrected chi connectivity index (χ0v) is 16.4. The summed E-state index contributed by atoms with van der Waals surface area (Å²) in [5.41, 5.74) is 1.40. The van der Waals surface area contributed by atoms with E-state index < -0.39 is 22.9 Å². The lowest BCUT2D eigenvalue weighted by Crippen LogP contribution is -2.26. The maximum Gasteiger partial charge on any atom is 0.305 e. The number of halogens is 2. The number of carbonyl (C=O) groups excluding carboxylic acids is 1. The van der Waals surface area contributed by atoms with Crippen LogP contribution in [0.3, 0.4) is 0 Å². The van der Waals surface area contributed by atoms with Gasteiger partial charge in [0.05, 0.1) is 17.7 Å². The van der Waals surface area contributed by atoms with Crippen LogP contribution in [-0.2, 0) is 16.2 Å². The quantitative estimate of drug-likeness (QED) is 0.512. The Morgan fingerprint density at radius 1 is 1.31 bits per heavy atom. The van der Waals surface area contributed by atoms with Crippen molar-refractivity contribution in [2.24, 2.45) is 10.2 Å². The first-order chi connectivity index (χ1) is 13.9. The SMILES string of the molecule is O=C(O)CC1SC(=NN=Cc2ccc(OCc3ccc(Cl)c(F)c3)cc2)NC1=O. The highest BCUT2D eigenvalue weighted by molar-refractivity contribution is 8.15. The van der Waals surface area contributed by atoms with Crippen LogP contribution in [0.15, 0.2) is 52.7 Å². The molecule has 10 heteroatoms. The molecule has 1 atom stereocenters. The smallest absolute Gasteiger partial charge is 0.305 e. The van der Waals surface area contributed by atoms with E-state index in [9.17, 15) is 14.0 Å². The molecule has 0 bridgehead atoms. The van der Waals surface area contributed by atoms with Gasteiger partial charge in [-0.05, 0) is 47.5 Å². The van der Waals surface area contributed by atoms with Crippen LogP contribution in [0.1, 0.15) is 17.5 Å². The van der Waals surface area contributed by atoms with Crippen LogP contribution in [0.5, 0.6) is 5.75 Å². The fourth-order valence-corrected chi connectivity index (χ4v) is 3.37. The summed E-state index contributed by atoms with van der Waals surface area (Å²) >= 11 is 6.68. The Morgan fingerprint density at radius 3 is 2.76 bits per heavy atom. The summed E-state index contributed by atoms with van der Waals surface area (Å²) in [6.07, 6.45) is 1.21. The molecule has 1 aliphatic rings. The molecule has 29 heavy (non-hydrogen) atoms. The zero-order valence-electron chi connectivity index (χ0n) is 14.8. The second-order valence-corrected chi connectivity index (χ2v) is 7.55. The number of nitrogens with one attached hydrogen (secondary N) is 1. The maximum absolute atomic E-state index is 13.4. The molecule has 2 aromatic rings. The molecule has 0 saturated carbocycles. The number of carbonyl (C=O) groups is 2. The van der Waals surface area contributed by atoms with Crippen molar-refractivity contribution in [3.63, 3.8) is 0 Å². The van der Waals surface area contributed by atoms with E-state index in [-0.39, 0.29) is 23.2 Å². The second-order valence-electron chi connectivity index (χ2n) is 5.95. The molecule has 0 radical (unpaired) electrons. The Bertz CT molecular complexity index is 982. The summed E-state index contributed by atoms with van der Waals surface area (Å²) in [6, 6.07) is 11.5. The van der Waals surface area contributed by atoms with Gasteiger partial charge < -0.3 is 15.2 Å². The molecular formula is C19H15ClFN3O4S. The van der Waals surface area contributed by atoms with Crippen molar-refractivity contribution >= 4 is 46.6 Å². The first kappa shape index (κ1) is 20.8. The van der Waals surface area contributed by atoms with Gasteiger partial charge in [0.15, 0.2) is 5.17 Å². The molecule has 0 aromatic heterocycles. The maximum atomic E-state index is 13.4. The van der Waals surface area contributed by atoms with Gasteiger partial charge in [0.25, 0.3) is 0 Å². The average molecular weight is 436 g/mol. The highest BCUT2D eigenvalue weighted by Gasteiger charge is 2.32. The van der Waals surface area contributed by atoms with Gasteiger partial charge in [0.1, 0.15) is 23.4 Å². The van der Waals surface area contributed by atoms with Crippen LogP contribution in [0.4, 0.5) is 4.39 Å². The Hall–Kier alpha value is -2.91. The fraction of sp³-hybridized carbons (Fsp3) is 0.158. The minimum atomic E-state index is -1.05. The minimum absolute atomic E-state index is 0.0638. The molecule has 0 spiro atoms. The topological polar surface area (TPSA) is 100 Å². The van der Waals surface area contributed by atoms with Crippen molar-refractivity contribution < 1.29 is 23.8 Å². The number of amides is 1. The number of carboxylic acid groups (broad SMARTS) is 1. The number of rotatable bonds is 7. The monoisotopic (exact) mass is 435 g/mol. The van der Waals surface area contributed by atoms with E-state index in [1.54, 1.807) is 30.3 Å². The van der Waals surface area contributed by atoms with E-state index in [0.29, 0.717) is 11.3 Å². The highest BCUT2D eigenvalue weighted by atomic mass is 35.5. The number of hydrogen-bond donors (Lipinski definition) is 2. The van der Waals surface area contributed by atoms with Crippen molar-refractivity contribution in [3.05, 3.63) is 64.4 Å². The Balaban J connectivity index is 1.53. The van der Waals surface area contributed by atoms with Gasteiger partial charge in [-0.2, -0.15) is 5.10 Å². The third-order valence-electron chi connectivity index (χ3n) is 3.76. The predicted octanol–water partition coefficient (Wildman–Crippen LogP) is 3.45. The zero-order chi connectivity index (χ0) is 20.8. The number of aliphatic carboxylic acids is 1. The second kappa shape index (κ2) is 9.53. The van der Waals surface area contributed by atoms with Gasteiger partial charge in [-0.25, -0.2) is 4.39 Å². The molecule has 7 nitrogen and oxygen atoms in total. The van der Waals surface area contributed by atoms with Crippen LogP contribution in [0.25, 0.3) is 0 Å². The minimum Gasteiger partial charge on any atom is -0.489 e. The molecule has 2 aromatic carbocycles. The number of hydrogen-bond acceptors (Lipinski definition) is 6. The van der Waals surface area contributed by atoms with Crippen LogP contribution >= 0.6 is 23.4 Å². The number of benzene rings is 2. The molecule has 1 amide bonds. The highest BCUT2D eigenvalue weighted by Crippen LogP contribution is 2.22. The number of amidine groups is 1. The van der Waals surface area contributed by atoms with Crippen LogP contribution < -0.4 is 10.1 Å². The van der Waals surface area contributed by atoms with E-state index in [0.717, 1.165) is 17.3 Å². The Labute approximate surface area is 174 Å². The molecule has 1 saturated heterocycles. The third kappa shape index (κ3) is 6.03. The predicted molar refractivity (Wildman–Crippen MR) is 109 cm³/mol. The average Bonchev–Trinajstić information content (AvgIpc) is 3.02. The number of ether oxygens (including phenoxy) is 1. The summed E-state index contributed by atoms with van der Waals surface area (Å²) in [6.45, 7) is 0.198. The van der Waals surface area contributed by atoms with Gasteiger partial charge in [-0.1, -0.05) is 29.4 Å². The molecule has 2 N–H and O–H groups in total. The van der Waals surface area contributed by atoms with Crippen molar-refractivity contribution in [1.82, 2.24) is 5.32 Å². The lowest BCUT2D eigenvalue weighted by Gasteiger charge is -2.07. The molecule has 3 rings (SSSR count). The lowest BCUT2D eigenvalue weighted by molar-refractivity contribution is -0.138. The van der Waals surface area contributed by atoms with Gasteiger partial charge in [0.2, 0.25) is 5.91 Å². The van der Waals surface area contributed by atoms with E-state index >= 15 is 0 Å². The Kier molecular flexibility index (Phi) is 6.84. The van der Waals surface area contributed by atoms with E-state index in [1.807, 2.05) is 0 Å². The first-order valence-electron chi connectivity index (χ1n) is 8.38. The third-order valence-corrected chi connectivity index (χ3v) is 5.14. The normalized spacial score (nSPS) is 17.7. The van der Waals surface area contributed by atoms with Crippen molar-refractivity contribution in [3.8, 4) is 5.75 Å². The summed E-state index contributed by atoms with van der Waals surface area (Å²) in [5, 5.41) is 18.6.